The molecule has 0 bridgehead atoms. The van der Waals surface area contributed by atoms with Crippen LogP contribution in [0.2, 0.25) is 0 Å². The lowest BCUT2D eigenvalue weighted by atomic mass is 10.1. The first-order chi connectivity index (χ1) is 11.6. The van der Waals surface area contributed by atoms with E-state index in [1.807, 2.05) is 0 Å². The predicted molar refractivity (Wildman–Crippen MR) is 93.8 cm³/mol. The Morgan fingerprint density at radius 1 is 1.25 bits per heavy atom. The summed E-state index contributed by atoms with van der Waals surface area (Å²) in [6.45, 7) is 4.82. The van der Waals surface area contributed by atoms with Crippen LogP contribution < -0.4 is 5.32 Å². The summed E-state index contributed by atoms with van der Waals surface area (Å²) in [5.41, 5.74) is 4.35. The van der Waals surface area contributed by atoms with Crippen LogP contribution in [0, 0.1) is 13.8 Å². The Labute approximate surface area is 143 Å². The van der Waals surface area contributed by atoms with E-state index in [1.165, 1.54) is 16.7 Å². The van der Waals surface area contributed by atoms with E-state index in [-0.39, 0.29) is 18.1 Å². The minimum absolute atomic E-state index is 0.0734. The minimum Gasteiger partial charge on any atom is -0.371 e. The zero-order valence-electron chi connectivity index (χ0n) is 14.3. The molecule has 1 heterocycles. The second-order valence-electron chi connectivity index (χ2n) is 6.52. The van der Waals surface area contributed by atoms with Gasteiger partial charge in [-0.1, -0.05) is 18.2 Å². The van der Waals surface area contributed by atoms with Gasteiger partial charge >= 0.3 is 0 Å². The van der Waals surface area contributed by atoms with E-state index in [4.69, 9.17) is 4.74 Å². The number of hydrogen-bond donors (Lipinski definition) is 1. The quantitative estimate of drug-likeness (QED) is 0.915. The van der Waals surface area contributed by atoms with Crippen molar-refractivity contribution in [1.82, 2.24) is 10.3 Å². The second kappa shape index (κ2) is 7.58. The zero-order valence-corrected chi connectivity index (χ0v) is 14.3. The molecule has 4 heteroatoms. The van der Waals surface area contributed by atoms with E-state index in [1.54, 1.807) is 24.5 Å². The largest absolute Gasteiger partial charge is 0.371 e. The predicted octanol–water partition coefficient (Wildman–Crippen LogP) is 3.57. The van der Waals surface area contributed by atoms with E-state index < -0.39 is 0 Å². The van der Waals surface area contributed by atoms with Gasteiger partial charge in [0, 0.05) is 12.4 Å². The molecule has 2 atom stereocenters. The Morgan fingerprint density at radius 3 is 2.88 bits per heavy atom. The first kappa shape index (κ1) is 16.7. The maximum Gasteiger partial charge on any atom is 0.253 e. The van der Waals surface area contributed by atoms with Crippen LogP contribution in [0.25, 0.3) is 0 Å². The Morgan fingerprint density at radius 2 is 2.12 bits per heavy atom. The monoisotopic (exact) mass is 324 g/mol. The molecule has 0 spiro atoms. The molecule has 0 saturated heterocycles. The molecular weight excluding hydrogens is 300 g/mol. The van der Waals surface area contributed by atoms with Gasteiger partial charge < -0.3 is 10.1 Å². The Kier molecular flexibility index (Phi) is 5.26. The highest BCUT2D eigenvalue weighted by Crippen LogP contribution is 2.24. The number of nitrogens with zero attached hydrogens (tertiary/aromatic N) is 1. The molecule has 1 aliphatic carbocycles. The average molecular weight is 324 g/mol. The van der Waals surface area contributed by atoms with Crippen LogP contribution in [0.5, 0.6) is 0 Å². The van der Waals surface area contributed by atoms with E-state index >= 15 is 0 Å². The molecule has 0 unspecified atom stereocenters. The fourth-order valence-electron chi connectivity index (χ4n) is 3.14. The summed E-state index contributed by atoms with van der Waals surface area (Å²) in [5, 5.41) is 3.10. The number of carbonyl (C=O) groups excluding carboxylic acids is 1. The van der Waals surface area contributed by atoms with Crippen LogP contribution in [0.4, 0.5) is 0 Å². The number of aromatic nitrogens is 1. The third-order valence-corrected chi connectivity index (χ3v) is 4.73. The highest BCUT2D eigenvalue weighted by molar-refractivity contribution is 5.94. The number of rotatable bonds is 5. The van der Waals surface area contributed by atoms with Crippen molar-refractivity contribution >= 4 is 5.91 Å². The van der Waals surface area contributed by atoms with Gasteiger partial charge in [0.15, 0.2) is 0 Å². The molecule has 1 aliphatic rings. The number of carbonyl (C=O) groups is 1. The van der Waals surface area contributed by atoms with E-state index in [9.17, 15) is 4.79 Å². The maximum atomic E-state index is 12.3. The third kappa shape index (κ3) is 4.01. The van der Waals surface area contributed by atoms with Crippen LogP contribution in [-0.2, 0) is 11.3 Å². The number of hydrogen-bond acceptors (Lipinski definition) is 3. The molecule has 0 aliphatic heterocycles. The summed E-state index contributed by atoms with van der Waals surface area (Å²) < 4.78 is 6.10. The van der Waals surface area contributed by atoms with Crippen LogP contribution in [0.1, 0.15) is 46.3 Å². The van der Waals surface area contributed by atoms with Crippen molar-refractivity contribution in [2.24, 2.45) is 0 Å². The lowest BCUT2D eigenvalue weighted by Crippen LogP contribution is -2.41. The van der Waals surface area contributed by atoms with Crippen molar-refractivity contribution in [2.75, 3.05) is 0 Å². The lowest BCUT2D eigenvalue weighted by Gasteiger charge is -2.21. The number of pyridine rings is 1. The summed E-state index contributed by atoms with van der Waals surface area (Å²) in [6, 6.07) is 10.0. The summed E-state index contributed by atoms with van der Waals surface area (Å²) in [4.78, 5) is 16.3. The molecule has 0 radical (unpaired) electrons. The fraction of sp³-hybridized carbons (Fsp3) is 0.400. The summed E-state index contributed by atoms with van der Waals surface area (Å²) in [6.07, 6.45) is 6.37. The zero-order chi connectivity index (χ0) is 16.9. The highest BCUT2D eigenvalue weighted by atomic mass is 16.5. The van der Waals surface area contributed by atoms with Crippen LogP contribution >= 0.6 is 0 Å². The van der Waals surface area contributed by atoms with Crippen molar-refractivity contribution in [3.05, 3.63) is 65.0 Å². The number of aryl methyl sites for hydroxylation is 2. The number of nitrogens with one attached hydrogen (secondary N) is 1. The molecule has 1 fully saturated rings. The molecule has 1 aromatic carbocycles. The normalized spacial score (nSPS) is 20.1. The van der Waals surface area contributed by atoms with Crippen molar-refractivity contribution in [3.8, 4) is 0 Å². The van der Waals surface area contributed by atoms with Crippen LogP contribution in [0.15, 0.2) is 42.7 Å². The maximum absolute atomic E-state index is 12.3. The molecule has 1 amide bonds. The van der Waals surface area contributed by atoms with Crippen LogP contribution in [-0.4, -0.2) is 23.0 Å². The van der Waals surface area contributed by atoms with E-state index in [0.29, 0.717) is 12.2 Å². The van der Waals surface area contributed by atoms with Gasteiger partial charge in [-0.3, -0.25) is 9.78 Å². The molecule has 1 N–H and O–H groups in total. The van der Waals surface area contributed by atoms with Gasteiger partial charge in [0.1, 0.15) is 0 Å². The summed E-state index contributed by atoms with van der Waals surface area (Å²) in [5.74, 6) is -0.0743. The summed E-state index contributed by atoms with van der Waals surface area (Å²) >= 11 is 0. The third-order valence-electron chi connectivity index (χ3n) is 4.73. The van der Waals surface area contributed by atoms with Gasteiger partial charge in [0.2, 0.25) is 0 Å². The Balaban J connectivity index is 1.57. The van der Waals surface area contributed by atoms with Crippen molar-refractivity contribution in [2.45, 2.75) is 51.9 Å². The number of ether oxygens (including phenoxy) is 1. The molecule has 24 heavy (non-hydrogen) atoms. The molecule has 1 saturated carbocycles. The average Bonchev–Trinajstić information content (AvgIpc) is 3.04. The van der Waals surface area contributed by atoms with Crippen molar-refractivity contribution < 1.29 is 9.53 Å². The number of benzene rings is 1. The fourth-order valence-corrected chi connectivity index (χ4v) is 3.14. The first-order valence-corrected chi connectivity index (χ1v) is 8.52. The minimum atomic E-state index is -0.0743. The van der Waals surface area contributed by atoms with Gasteiger partial charge in [-0.15, -0.1) is 0 Å². The molecule has 4 nitrogen and oxygen atoms in total. The topological polar surface area (TPSA) is 51.2 Å². The molecule has 126 valence electrons. The van der Waals surface area contributed by atoms with Gasteiger partial charge in [-0.2, -0.15) is 0 Å². The molecule has 3 rings (SSSR count). The first-order valence-electron chi connectivity index (χ1n) is 8.52. The SMILES string of the molecule is Cc1ccc(CO[C@H]2CCC[C@@H]2NC(=O)c2cccnc2)cc1C. The molecule has 1 aromatic heterocycles. The van der Waals surface area contributed by atoms with Crippen molar-refractivity contribution in [3.63, 3.8) is 0 Å². The summed E-state index contributed by atoms with van der Waals surface area (Å²) in [7, 11) is 0. The smallest absolute Gasteiger partial charge is 0.253 e. The standard InChI is InChI=1S/C20H24N2O2/c1-14-8-9-16(11-15(14)2)13-24-19-7-3-6-18(19)22-20(23)17-5-4-10-21-12-17/h4-5,8-12,18-19H,3,6-7,13H2,1-2H3,(H,22,23)/t18-,19-/m0/s1. The Bertz CT molecular complexity index is 700. The van der Waals surface area contributed by atoms with Gasteiger partial charge in [-0.25, -0.2) is 0 Å². The van der Waals surface area contributed by atoms with Crippen molar-refractivity contribution in [1.29, 1.82) is 0 Å². The lowest BCUT2D eigenvalue weighted by molar-refractivity contribution is 0.0272. The van der Waals surface area contributed by atoms with E-state index in [0.717, 1.165) is 19.3 Å². The van der Waals surface area contributed by atoms with Gasteiger partial charge in [0.05, 0.1) is 24.3 Å². The number of amides is 1. The van der Waals surface area contributed by atoms with E-state index in [2.05, 4.69) is 42.3 Å². The van der Waals surface area contributed by atoms with Crippen LogP contribution in [0.3, 0.4) is 0 Å². The van der Waals surface area contributed by atoms with Gasteiger partial charge in [-0.05, 0) is 61.9 Å². The molecule has 2 aromatic rings. The highest BCUT2D eigenvalue weighted by Gasteiger charge is 2.29. The second-order valence-corrected chi connectivity index (χ2v) is 6.52. The molecular formula is C20H24N2O2. The van der Waals surface area contributed by atoms with Gasteiger partial charge in [0.25, 0.3) is 5.91 Å². The Hall–Kier alpha value is -2.20.